The Balaban J connectivity index is 1.68. The molecule has 0 radical (unpaired) electrons. The number of aromatic nitrogens is 2. The van der Waals surface area contributed by atoms with Crippen LogP contribution in [0.3, 0.4) is 0 Å². The number of benzene rings is 1. The lowest BCUT2D eigenvalue weighted by Crippen LogP contribution is -2.15. The Kier molecular flexibility index (Phi) is 3.91. The van der Waals surface area contributed by atoms with E-state index in [1.165, 1.54) is 11.5 Å². The molecule has 0 bridgehead atoms. The van der Waals surface area contributed by atoms with Gasteiger partial charge in [-0.05, 0) is 59.6 Å². The summed E-state index contributed by atoms with van der Waals surface area (Å²) in [5.41, 5.74) is 2.09. The molecule has 2 aromatic heterocycles. The Morgan fingerprint density at radius 3 is 2.92 bits per heavy atom. The maximum Gasteiger partial charge on any atom is 0.230 e. The number of carbonyl (C=O) groups excluding carboxylic acids is 1. The van der Waals surface area contributed by atoms with Gasteiger partial charge in [-0.2, -0.15) is 5.26 Å². The number of nitrogens with zero attached hydrogens (tertiary/aromatic N) is 3. The maximum absolute atomic E-state index is 12.1. The Hall–Kier alpha value is -2.49. The van der Waals surface area contributed by atoms with Crippen LogP contribution in [0.5, 0.6) is 0 Å². The van der Waals surface area contributed by atoms with E-state index < -0.39 is 0 Å². The summed E-state index contributed by atoms with van der Waals surface area (Å²) < 4.78 is 4.21. The summed E-state index contributed by atoms with van der Waals surface area (Å²) in [4.78, 5) is 17.5. The molecule has 1 aliphatic carbocycles. The van der Waals surface area contributed by atoms with Crippen LogP contribution in [0.2, 0.25) is 5.02 Å². The first-order valence-corrected chi connectivity index (χ1v) is 8.93. The molecule has 124 valence electrons. The van der Waals surface area contributed by atoms with Crippen LogP contribution in [0, 0.1) is 30.1 Å². The molecule has 0 spiro atoms. The fraction of sp³-hybridized carbons (Fsp3) is 0.222. The summed E-state index contributed by atoms with van der Waals surface area (Å²) in [5.74, 6) is -0.0812. The van der Waals surface area contributed by atoms with Gasteiger partial charge in [-0.3, -0.25) is 4.79 Å². The second kappa shape index (κ2) is 6.10. The first kappa shape index (κ1) is 16.0. The second-order valence-electron chi connectivity index (χ2n) is 6.15. The Labute approximate surface area is 153 Å². The summed E-state index contributed by atoms with van der Waals surface area (Å²) >= 11 is 7.83. The van der Waals surface area contributed by atoms with Crippen LogP contribution in [0.15, 0.2) is 30.6 Å². The van der Waals surface area contributed by atoms with Crippen molar-refractivity contribution >= 4 is 45.6 Å². The topological polar surface area (TPSA) is 78.7 Å². The molecular formula is C18H13ClN4OS. The van der Waals surface area contributed by atoms with Crippen molar-refractivity contribution in [3.05, 3.63) is 41.2 Å². The summed E-state index contributed by atoms with van der Waals surface area (Å²) in [7, 11) is 0. The predicted octanol–water partition coefficient (Wildman–Crippen LogP) is 4.42. The molecular weight excluding hydrogens is 356 g/mol. The van der Waals surface area contributed by atoms with Crippen molar-refractivity contribution < 1.29 is 4.79 Å². The predicted molar refractivity (Wildman–Crippen MR) is 98.4 cm³/mol. The van der Waals surface area contributed by atoms with Crippen LogP contribution in [-0.2, 0) is 4.79 Å². The fourth-order valence-electron chi connectivity index (χ4n) is 2.83. The van der Waals surface area contributed by atoms with Crippen molar-refractivity contribution in [2.75, 3.05) is 5.32 Å². The highest BCUT2D eigenvalue weighted by Crippen LogP contribution is 2.39. The first-order valence-electron chi connectivity index (χ1n) is 7.78. The van der Waals surface area contributed by atoms with E-state index in [-0.39, 0.29) is 17.7 Å². The summed E-state index contributed by atoms with van der Waals surface area (Å²) in [6.07, 6.45) is 4.11. The van der Waals surface area contributed by atoms with Crippen molar-refractivity contribution in [3.63, 3.8) is 0 Å². The van der Waals surface area contributed by atoms with Gasteiger partial charge in [0.15, 0.2) is 0 Å². The van der Waals surface area contributed by atoms with E-state index in [9.17, 15) is 4.79 Å². The molecule has 5 nitrogen and oxygen atoms in total. The first-order chi connectivity index (χ1) is 12.1. The Morgan fingerprint density at radius 2 is 2.24 bits per heavy atom. The van der Waals surface area contributed by atoms with Crippen LogP contribution in [-0.4, -0.2) is 15.3 Å². The number of pyridine rings is 1. The molecule has 1 amide bonds. The summed E-state index contributed by atoms with van der Waals surface area (Å²) in [6, 6.07) is 7.86. The number of nitriles is 1. The minimum atomic E-state index is -0.225. The second-order valence-corrected chi connectivity index (χ2v) is 7.36. The minimum absolute atomic E-state index is 0.154. The number of hydrogen-bond acceptors (Lipinski definition) is 5. The lowest BCUT2D eigenvalue weighted by atomic mass is 10.1. The normalized spacial score (nSPS) is 18.8. The lowest BCUT2D eigenvalue weighted by Gasteiger charge is -2.08. The summed E-state index contributed by atoms with van der Waals surface area (Å²) in [6.45, 7) is 2.01. The molecule has 2 heterocycles. The van der Waals surface area contributed by atoms with Gasteiger partial charge in [0.25, 0.3) is 0 Å². The van der Waals surface area contributed by atoms with Crippen LogP contribution < -0.4 is 5.32 Å². The molecule has 7 heteroatoms. The molecule has 2 atom stereocenters. The van der Waals surface area contributed by atoms with E-state index in [0.29, 0.717) is 17.3 Å². The van der Waals surface area contributed by atoms with E-state index in [1.54, 1.807) is 6.20 Å². The van der Waals surface area contributed by atoms with E-state index >= 15 is 0 Å². The average Bonchev–Trinajstić information content (AvgIpc) is 3.27. The van der Waals surface area contributed by atoms with Gasteiger partial charge >= 0.3 is 0 Å². The van der Waals surface area contributed by atoms with Gasteiger partial charge in [-0.15, -0.1) is 0 Å². The maximum atomic E-state index is 12.1. The zero-order valence-corrected chi connectivity index (χ0v) is 14.9. The Morgan fingerprint density at radius 1 is 1.40 bits per heavy atom. The van der Waals surface area contributed by atoms with Crippen LogP contribution in [0.25, 0.3) is 21.2 Å². The van der Waals surface area contributed by atoms with Gasteiger partial charge in [-0.1, -0.05) is 11.6 Å². The van der Waals surface area contributed by atoms with Gasteiger partial charge in [0.1, 0.15) is 5.82 Å². The van der Waals surface area contributed by atoms with Gasteiger partial charge in [-0.25, -0.2) is 9.36 Å². The minimum Gasteiger partial charge on any atom is -0.310 e. The third kappa shape index (κ3) is 2.97. The molecule has 1 fully saturated rings. The molecule has 1 aromatic carbocycles. The van der Waals surface area contributed by atoms with Gasteiger partial charge < -0.3 is 5.32 Å². The third-order valence-electron chi connectivity index (χ3n) is 4.34. The number of amides is 1. The van der Waals surface area contributed by atoms with Crippen LogP contribution in [0.4, 0.5) is 5.82 Å². The van der Waals surface area contributed by atoms with E-state index in [4.69, 9.17) is 16.9 Å². The van der Waals surface area contributed by atoms with Crippen molar-refractivity contribution in [3.8, 4) is 16.5 Å². The number of hydrogen-bond donors (Lipinski definition) is 1. The molecule has 0 saturated heterocycles. The number of halogens is 1. The van der Waals surface area contributed by atoms with Crippen LogP contribution >= 0.6 is 23.1 Å². The lowest BCUT2D eigenvalue weighted by molar-refractivity contribution is -0.117. The smallest absolute Gasteiger partial charge is 0.230 e. The number of fused-ring (bicyclic) bond motifs is 1. The molecule has 1 N–H and O–H groups in total. The third-order valence-corrected chi connectivity index (χ3v) is 5.61. The molecule has 1 unspecified atom stereocenters. The highest BCUT2D eigenvalue weighted by atomic mass is 35.5. The molecule has 1 aliphatic rings. The molecule has 1 saturated carbocycles. The number of aryl methyl sites for hydroxylation is 1. The van der Waals surface area contributed by atoms with Crippen LogP contribution in [0.1, 0.15) is 12.0 Å². The van der Waals surface area contributed by atoms with Crippen molar-refractivity contribution in [2.45, 2.75) is 13.3 Å². The monoisotopic (exact) mass is 368 g/mol. The highest BCUT2D eigenvalue weighted by molar-refractivity contribution is 7.09. The number of carbonyl (C=O) groups is 1. The van der Waals surface area contributed by atoms with E-state index in [1.807, 2.05) is 31.3 Å². The SMILES string of the molecule is Cc1cnsc1-c1cc(Cl)c2cnc(NC(=O)[C@@H]3CC3C#N)cc2c1. The van der Waals surface area contributed by atoms with Crippen molar-refractivity contribution in [2.24, 2.45) is 11.8 Å². The van der Waals surface area contributed by atoms with Crippen molar-refractivity contribution in [1.82, 2.24) is 9.36 Å². The number of anilines is 1. The zero-order chi connectivity index (χ0) is 17.6. The standard InChI is InChI=1S/C18H13ClN4OS/c1-9-7-22-25-17(9)11-2-10-5-16(21-8-14(10)15(19)4-11)23-18(24)13-3-12(13)6-20/h2,4-5,7-8,12-13H,3H2,1H3,(H,21,23,24)/t12?,13-/m1/s1. The van der Waals surface area contributed by atoms with Gasteiger partial charge in [0, 0.05) is 17.8 Å². The highest BCUT2D eigenvalue weighted by Gasteiger charge is 2.43. The fourth-order valence-corrected chi connectivity index (χ4v) is 3.84. The Bertz CT molecular complexity index is 1040. The number of rotatable bonds is 3. The quantitative estimate of drug-likeness (QED) is 0.742. The number of nitrogens with one attached hydrogen (secondary N) is 1. The van der Waals surface area contributed by atoms with E-state index in [0.717, 1.165) is 26.8 Å². The molecule has 4 rings (SSSR count). The zero-order valence-electron chi connectivity index (χ0n) is 13.3. The molecule has 3 aromatic rings. The molecule has 25 heavy (non-hydrogen) atoms. The average molecular weight is 369 g/mol. The van der Waals surface area contributed by atoms with Gasteiger partial charge in [0.2, 0.25) is 5.91 Å². The van der Waals surface area contributed by atoms with Crippen molar-refractivity contribution in [1.29, 1.82) is 5.26 Å². The summed E-state index contributed by atoms with van der Waals surface area (Å²) in [5, 5.41) is 14.0. The molecule has 0 aliphatic heterocycles. The largest absolute Gasteiger partial charge is 0.310 e. The van der Waals surface area contributed by atoms with Gasteiger partial charge in [0.05, 0.1) is 27.8 Å². The van der Waals surface area contributed by atoms with E-state index in [2.05, 4.69) is 20.7 Å².